The second kappa shape index (κ2) is 7.38. The van der Waals surface area contributed by atoms with Crippen LogP contribution in [0.1, 0.15) is 31.4 Å². The van der Waals surface area contributed by atoms with Crippen LogP contribution in [0.2, 0.25) is 0 Å². The molecule has 0 aliphatic carbocycles. The Morgan fingerprint density at radius 3 is 2.36 bits per heavy atom. The minimum absolute atomic E-state index is 0.205. The van der Waals surface area contributed by atoms with Crippen LogP contribution in [0.3, 0.4) is 0 Å². The number of carbonyl (C=O) groups excluding carboxylic acids is 2. The Kier molecular flexibility index (Phi) is 5.03. The van der Waals surface area contributed by atoms with Gasteiger partial charge in [0.15, 0.2) is 0 Å². The van der Waals surface area contributed by atoms with Crippen LogP contribution in [-0.2, 0) is 14.3 Å². The first kappa shape index (κ1) is 17.0. The minimum Gasteiger partial charge on any atom is -0.497 e. The van der Waals surface area contributed by atoms with Crippen molar-refractivity contribution in [3.8, 4) is 5.75 Å². The van der Waals surface area contributed by atoms with Crippen LogP contribution < -0.4 is 9.64 Å². The highest BCUT2D eigenvalue weighted by Gasteiger charge is 2.51. The normalized spacial score (nSPS) is 19.3. The maximum Gasteiger partial charge on any atom is 0.306 e. The zero-order valence-corrected chi connectivity index (χ0v) is 14.3. The molecule has 0 spiro atoms. The van der Waals surface area contributed by atoms with E-state index >= 15 is 0 Å². The number of hydrogen-bond acceptors (Lipinski definition) is 4. The van der Waals surface area contributed by atoms with Gasteiger partial charge >= 0.3 is 5.97 Å². The van der Waals surface area contributed by atoms with Gasteiger partial charge in [-0.05, 0) is 36.2 Å². The van der Waals surface area contributed by atoms with Crippen LogP contribution in [0, 0.1) is 0 Å². The maximum absolute atomic E-state index is 12.7. The number of β-lactam (4-membered cyclic amide) rings is 1. The van der Waals surface area contributed by atoms with E-state index in [0.29, 0.717) is 12.8 Å². The second-order valence-electron chi connectivity index (χ2n) is 5.92. The standard InChI is InChI=1S/C20H21NO4/c1-3-7-17(22)25-19-18(14-8-5-4-6-9-14)21(20(19)23)15-10-12-16(24-2)13-11-15/h4-6,8-13,18-19H,3,7H2,1-2H3/t18-,19+/m0/s1. The lowest BCUT2D eigenvalue weighted by atomic mass is 9.89. The van der Waals surface area contributed by atoms with Gasteiger partial charge in [-0.2, -0.15) is 0 Å². The number of amides is 1. The van der Waals surface area contributed by atoms with Gasteiger partial charge in [-0.25, -0.2) is 0 Å². The summed E-state index contributed by atoms with van der Waals surface area (Å²) < 4.78 is 10.6. The Bertz CT molecular complexity index is 742. The van der Waals surface area contributed by atoms with Crippen LogP contribution in [0.4, 0.5) is 5.69 Å². The quantitative estimate of drug-likeness (QED) is 0.597. The number of esters is 1. The summed E-state index contributed by atoms with van der Waals surface area (Å²) in [6.07, 6.45) is 0.231. The average molecular weight is 339 g/mol. The van der Waals surface area contributed by atoms with Crippen LogP contribution in [0.15, 0.2) is 54.6 Å². The van der Waals surface area contributed by atoms with Gasteiger partial charge in [-0.15, -0.1) is 0 Å². The van der Waals surface area contributed by atoms with Crippen LogP contribution in [0.25, 0.3) is 0 Å². The molecule has 0 saturated carbocycles. The van der Waals surface area contributed by atoms with E-state index in [-0.39, 0.29) is 17.9 Å². The van der Waals surface area contributed by atoms with Crippen molar-refractivity contribution in [1.29, 1.82) is 0 Å². The summed E-state index contributed by atoms with van der Waals surface area (Å²) in [5.41, 5.74) is 1.69. The molecule has 2 atom stereocenters. The molecule has 2 aromatic rings. The fourth-order valence-corrected chi connectivity index (χ4v) is 2.99. The predicted octanol–water partition coefficient (Wildman–Crippen LogP) is 3.50. The second-order valence-corrected chi connectivity index (χ2v) is 5.92. The molecule has 0 unspecified atom stereocenters. The lowest BCUT2D eigenvalue weighted by Gasteiger charge is -2.46. The van der Waals surface area contributed by atoms with Crippen molar-refractivity contribution in [3.63, 3.8) is 0 Å². The largest absolute Gasteiger partial charge is 0.497 e. The van der Waals surface area contributed by atoms with E-state index in [1.807, 2.05) is 49.4 Å². The lowest BCUT2D eigenvalue weighted by Crippen LogP contribution is -2.60. The van der Waals surface area contributed by atoms with Gasteiger partial charge in [0.25, 0.3) is 5.91 Å². The van der Waals surface area contributed by atoms with Crippen molar-refractivity contribution in [1.82, 2.24) is 0 Å². The summed E-state index contributed by atoms with van der Waals surface area (Å²) in [6.45, 7) is 1.90. The molecule has 5 nitrogen and oxygen atoms in total. The predicted molar refractivity (Wildman–Crippen MR) is 94.5 cm³/mol. The molecule has 1 saturated heterocycles. The molecule has 130 valence electrons. The van der Waals surface area contributed by atoms with E-state index in [9.17, 15) is 9.59 Å². The molecular weight excluding hydrogens is 318 g/mol. The molecule has 1 aliphatic rings. The SMILES string of the molecule is CCCC(=O)O[C@H]1C(=O)N(c2ccc(OC)cc2)[C@H]1c1ccccc1. The number of benzene rings is 2. The molecule has 1 aliphatic heterocycles. The number of anilines is 1. The van der Waals surface area contributed by atoms with Gasteiger partial charge in [0.1, 0.15) is 11.8 Å². The first-order chi connectivity index (χ1) is 12.2. The molecule has 0 radical (unpaired) electrons. The van der Waals surface area contributed by atoms with E-state index in [2.05, 4.69) is 0 Å². The Morgan fingerprint density at radius 2 is 1.76 bits per heavy atom. The fourth-order valence-electron chi connectivity index (χ4n) is 2.99. The summed E-state index contributed by atoms with van der Waals surface area (Å²) in [5, 5.41) is 0. The number of nitrogens with zero attached hydrogens (tertiary/aromatic N) is 1. The zero-order chi connectivity index (χ0) is 17.8. The summed E-state index contributed by atoms with van der Waals surface area (Å²) in [5.74, 6) is 0.179. The molecular formula is C20H21NO4. The number of methoxy groups -OCH3 is 1. The number of rotatable bonds is 6. The minimum atomic E-state index is -0.774. The van der Waals surface area contributed by atoms with E-state index in [0.717, 1.165) is 17.0 Å². The molecule has 3 rings (SSSR count). The van der Waals surface area contributed by atoms with Crippen LogP contribution >= 0.6 is 0 Å². The van der Waals surface area contributed by atoms with Crippen molar-refractivity contribution in [2.45, 2.75) is 31.9 Å². The first-order valence-electron chi connectivity index (χ1n) is 8.37. The van der Waals surface area contributed by atoms with E-state index < -0.39 is 6.10 Å². The Hall–Kier alpha value is -2.82. The van der Waals surface area contributed by atoms with E-state index in [4.69, 9.17) is 9.47 Å². The molecule has 1 heterocycles. The summed E-state index contributed by atoms with van der Waals surface area (Å²) in [4.78, 5) is 26.2. The van der Waals surface area contributed by atoms with Crippen molar-refractivity contribution in [2.24, 2.45) is 0 Å². The fraction of sp³-hybridized carbons (Fsp3) is 0.300. The molecule has 5 heteroatoms. The Labute approximate surface area is 147 Å². The molecule has 1 amide bonds. The van der Waals surface area contributed by atoms with E-state index in [1.165, 1.54) is 0 Å². The molecule has 2 aromatic carbocycles. The third kappa shape index (κ3) is 3.36. The third-order valence-corrected chi connectivity index (χ3v) is 4.25. The van der Waals surface area contributed by atoms with Crippen molar-refractivity contribution in [3.05, 3.63) is 60.2 Å². The average Bonchev–Trinajstić information content (AvgIpc) is 2.65. The smallest absolute Gasteiger partial charge is 0.306 e. The van der Waals surface area contributed by atoms with Gasteiger partial charge in [0.2, 0.25) is 6.10 Å². The van der Waals surface area contributed by atoms with Gasteiger partial charge in [-0.3, -0.25) is 14.5 Å². The number of hydrogen-bond donors (Lipinski definition) is 0. The number of carbonyl (C=O) groups is 2. The van der Waals surface area contributed by atoms with Gasteiger partial charge in [-0.1, -0.05) is 37.3 Å². The molecule has 0 N–H and O–H groups in total. The van der Waals surface area contributed by atoms with Gasteiger partial charge in [0, 0.05) is 12.1 Å². The highest BCUT2D eigenvalue weighted by Crippen LogP contribution is 2.41. The first-order valence-corrected chi connectivity index (χ1v) is 8.37. The highest BCUT2D eigenvalue weighted by molar-refractivity contribution is 6.06. The zero-order valence-electron chi connectivity index (χ0n) is 14.3. The number of ether oxygens (including phenoxy) is 2. The van der Waals surface area contributed by atoms with Gasteiger partial charge < -0.3 is 9.47 Å². The Balaban J connectivity index is 1.88. The highest BCUT2D eigenvalue weighted by atomic mass is 16.6. The topological polar surface area (TPSA) is 55.8 Å². The summed E-state index contributed by atoms with van der Waals surface area (Å²) >= 11 is 0. The summed E-state index contributed by atoms with van der Waals surface area (Å²) in [7, 11) is 1.60. The maximum atomic E-state index is 12.7. The monoisotopic (exact) mass is 339 g/mol. The van der Waals surface area contributed by atoms with Crippen molar-refractivity contribution in [2.75, 3.05) is 12.0 Å². The molecule has 0 aromatic heterocycles. The molecule has 25 heavy (non-hydrogen) atoms. The van der Waals surface area contributed by atoms with Crippen molar-refractivity contribution < 1.29 is 19.1 Å². The van der Waals surface area contributed by atoms with E-state index in [1.54, 1.807) is 24.1 Å². The third-order valence-electron chi connectivity index (χ3n) is 4.25. The van der Waals surface area contributed by atoms with Gasteiger partial charge in [0.05, 0.1) is 7.11 Å². The van der Waals surface area contributed by atoms with Crippen LogP contribution in [0.5, 0.6) is 5.75 Å². The lowest BCUT2D eigenvalue weighted by molar-refractivity contribution is -0.162. The molecule has 0 bridgehead atoms. The summed E-state index contributed by atoms with van der Waals surface area (Å²) in [6, 6.07) is 16.6. The molecule has 1 fully saturated rings. The Morgan fingerprint density at radius 1 is 1.08 bits per heavy atom. The van der Waals surface area contributed by atoms with Crippen molar-refractivity contribution >= 4 is 17.6 Å². The van der Waals surface area contributed by atoms with Crippen LogP contribution in [-0.4, -0.2) is 25.1 Å².